The van der Waals surface area contributed by atoms with Gasteiger partial charge in [0.1, 0.15) is 5.78 Å². The van der Waals surface area contributed by atoms with Crippen LogP contribution in [0.4, 0.5) is 0 Å². The minimum atomic E-state index is -4.24. The molecule has 7 heteroatoms. The van der Waals surface area contributed by atoms with Crippen molar-refractivity contribution < 1.29 is 19.1 Å². The van der Waals surface area contributed by atoms with Gasteiger partial charge in [0.2, 0.25) is 5.91 Å². The Hall–Kier alpha value is -0.420. The van der Waals surface area contributed by atoms with Crippen molar-refractivity contribution in [2.24, 2.45) is 5.73 Å². The van der Waals surface area contributed by atoms with E-state index in [1.807, 2.05) is 0 Å². The summed E-state index contributed by atoms with van der Waals surface area (Å²) in [6.07, 6.45) is 0. The Bertz CT molecular complexity index is 211. The summed E-state index contributed by atoms with van der Waals surface area (Å²) in [5.41, 5.74) is 5.16. The van der Waals surface area contributed by atoms with E-state index in [1.54, 1.807) is 0 Å². The van der Waals surface area contributed by atoms with E-state index in [0.29, 0.717) is 0 Å². The number of hydrogen-bond donors (Lipinski definition) is 4. The molecule has 2 atom stereocenters. The molecule has 0 saturated heterocycles. The van der Waals surface area contributed by atoms with Crippen LogP contribution in [0.2, 0.25) is 0 Å². The van der Waals surface area contributed by atoms with Gasteiger partial charge in [0, 0.05) is 0 Å². The van der Waals surface area contributed by atoms with Gasteiger partial charge in [0.15, 0.2) is 0 Å². The third-order valence-electron chi connectivity index (χ3n) is 1.27. The van der Waals surface area contributed by atoms with E-state index in [2.05, 4.69) is 5.32 Å². The average Bonchev–Trinajstić information content (AvgIpc) is 1.85. The topological polar surface area (TPSA) is 113 Å². The van der Waals surface area contributed by atoms with Crippen molar-refractivity contribution in [3.05, 3.63) is 0 Å². The lowest BCUT2D eigenvalue weighted by Gasteiger charge is -2.16. The van der Waals surface area contributed by atoms with Crippen LogP contribution in [0.25, 0.3) is 0 Å². The van der Waals surface area contributed by atoms with Crippen molar-refractivity contribution in [3.63, 3.8) is 0 Å². The zero-order chi connectivity index (χ0) is 9.94. The second-order valence-corrected chi connectivity index (χ2v) is 4.52. The Morgan fingerprint density at radius 3 is 2.17 bits per heavy atom. The van der Waals surface area contributed by atoms with Gasteiger partial charge in [-0.05, 0) is 13.8 Å². The summed E-state index contributed by atoms with van der Waals surface area (Å²) in [5, 5.41) is 2.09. The quantitative estimate of drug-likeness (QED) is 0.431. The van der Waals surface area contributed by atoms with Crippen molar-refractivity contribution >= 4 is 13.5 Å². The summed E-state index contributed by atoms with van der Waals surface area (Å²) in [4.78, 5) is 28.0. The summed E-state index contributed by atoms with van der Waals surface area (Å²) in [6.45, 7) is 2.66. The van der Waals surface area contributed by atoms with Crippen LogP contribution in [0.15, 0.2) is 0 Å². The molecule has 0 saturated carbocycles. The number of amides is 1. The van der Waals surface area contributed by atoms with Crippen molar-refractivity contribution in [2.45, 2.75) is 25.7 Å². The molecule has 0 unspecified atom stereocenters. The Balaban J connectivity index is 4.11. The highest BCUT2D eigenvalue weighted by atomic mass is 31.2. The van der Waals surface area contributed by atoms with Crippen molar-refractivity contribution in [1.82, 2.24) is 5.32 Å². The summed E-state index contributed by atoms with van der Waals surface area (Å²) in [6, 6.07) is -0.765. The van der Waals surface area contributed by atoms with Gasteiger partial charge < -0.3 is 20.8 Å². The molecule has 0 rings (SSSR count). The maximum absolute atomic E-state index is 10.8. The molecule has 0 spiro atoms. The lowest BCUT2D eigenvalue weighted by molar-refractivity contribution is -0.122. The van der Waals surface area contributed by atoms with E-state index < -0.39 is 25.3 Å². The highest BCUT2D eigenvalue weighted by Gasteiger charge is 2.26. The van der Waals surface area contributed by atoms with Gasteiger partial charge in [-0.25, -0.2) is 0 Å². The van der Waals surface area contributed by atoms with Crippen molar-refractivity contribution in [2.75, 3.05) is 0 Å². The largest absolute Gasteiger partial charge is 0.347 e. The van der Waals surface area contributed by atoms with Crippen molar-refractivity contribution in [1.29, 1.82) is 0 Å². The van der Waals surface area contributed by atoms with Gasteiger partial charge in [-0.15, -0.1) is 0 Å². The maximum atomic E-state index is 10.8. The molecule has 0 heterocycles. The van der Waals surface area contributed by atoms with Crippen molar-refractivity contribution in [3.8, 4) is 0 Å². The van der Waals surface area contributed by atoms with Crippen LogP contribution in [0, 0.1) is 0 Å². The minimum Gasteiger partial charge on any atom is -0.341 e. The number of carbonyl (C=O) groups excluding carboxylic acids is 1. The number of nitrogens with two attached hydrogens (primary N) is 1. The number of rotatable bonds is 3. The smallest absolute Gasteiger partial charge is 0.341 e. The molecule has 0 aromatic rings. The van der Waals surface area contributed by atoms with Crippen LogP contribution in [0.3, 0.4) is 0 Å². The fourth-order valence-electron chi connectivity index (χ4n) is 0.421. The number of hydrogen-bond acceptors (Lipinski definition) is 3. The van der Waals surface area contributed by atoms with Crippen LogP contribution >= 0.6 is 7.60 Å². The Morgan fingerprint density at radius 1 is 1.50 bits per heavy atom. The third kappa shape index (κ3) is 3.82. The summed E-state index contributed by atoms with van der Waals surface area (Å²) in [7, 11) is -4.24. The van der Waals surface area contributed by atoms with Crippen LogP contribution in [0.1, 0.15) is 13.8 Å². The van der Waals surface area contributed by atoms with E-state index in [4.69, 9.17) is 15.5 Å². The zero-order valence-corrected chi connectivity index (χ0v) is 7.78. The molecular formula is C5H13N2O4P. The molecule has 12 heavy (non-hydrogen) atoms. The summed E-state index contributed by atoms with van der Waals surface area (Å²) in [5.74, 6) is -1.76. The molecule has 0 aromatic carbocycles. The van der Waals surface area contributed by atoms with Gasteiger partial charge in [-0.2, -0.15) is 0 Å². The Morgan fingerprint density at radius 2 is 1.92 bits per heavy atom. The summed E-state index contributed by atoms with van der Waals surface area (Å²) >= 11 is 0. The first-order valence-electron chi connectivity index (χ1n) is 3.36. The van der Waals surface area contributed by atoms with Gasteiger partial charge in [-0.3, -0.25) is 9.36 Å². The zero-order valence-electron chi connectivity index (χ0n) is 6.89. The van der Waals surface area contributed by atoms with Gasteiger partial charge >= 0.3 is 7.60 Å². The first-order chi connectivity index (χ1) is 5.25. The molecule has 1 amide bonds. The molecule has 0 radical (unpaired) electrons. The van der Waals surface area contributed by atoms with Crippen LogP contribution in [-0.2, 0) is 9.36 Å². The van der Waals surface area contributed by atoms with Crippen LogP contribution < -0.4 is 11.1 Å². The molecule has 0 bridgehead atoms. The van der Waals surface area contributed by atoms with E-state index in [-0.39, 0.29) is 0 Å². The lowest BCUT2D eigenvalue weighted by atomic mass is 10.3. The molecular weight excluding hydrogens is 183 g/mol. The summed E-state index contributed by atoms with van der Waals surface area (Å²) < 4.78 is 10.5. The van der Waals surface area contributed by atoms with E-state index in [0.717, 1.165) is 0 Å². The SMILES string of the molecule is C[C@H](N)C(=O)N[C@@H](C)P(=O)(O)O. The normalized spacial score (nSPS) is 16.8. The van der Waals surface area contributed by atoms with Crippen LogP contribution in [0.5, 0.6) is 0 Å². The second kappa shape index (κ2) is 4.00. The predicted molar refractivity (Wildman–Crippen MR) is 43.3 cm³/mol. The molecule has 72 valence electrons. The lowest BCUT2D eigenvalue weighted by Crippen LogP contribution is -2.42. The third-order valence-corrected chi connectivity index (χ3v) is 2.41. The monoisotopic (exact) mass is 196 g/mol. The second-order valence-electron chi connectivity index (χ2n) is 2.56. The molecule has 6 nitrogen and oxygen atoms in total. The van der Waals surface area contributed by atoms with E-state index in [9.17, 15) is 9.36 Å². The van der Waals surface area contributed by atoms with Crippen LogP contribution in [-0.4, -0.2) is 27.5 Å². The standard InChI is InChI=1S/C5H13N2O4P/c1-3(6)5(8)7-4(2)12(9,10)11/h3-4H,6H2,1-2H3,(H,7,8)(H2,9,10,11)/t3-,4+/m0/s1. The molecule has 0 fully saturated rings. The molecule has 0 aromatic heterocycles. The number of nitrogens with one attached hydrogen (secondary N) is 1. The van der Waals surface area contributed by atoms with E-state index in [1.165, 1.54) is 13.8 Å². The first-order valence-corrected chi connectivity index (χ1v) is 5.04. The highest BCUT2D eigenvalue weighted by Crippen LogP contribution is 2.38. The molecule has 5 N–H and O–H groups in total. The van der Waals surface area contributed by atoms with E-state index >= 15 is 0 Å². The predicted octanol–water partition coefficient (Wildman–Crippen LogP) is -1.03. The first kappa shape index (κ1) is 11.6. The maximum Gasteiger partial charge on any atom is 0.347 e. The van der Waals surface area contributed by atoms with Gasteiger partial charge in [0.05, 0.1) is 6.04 Å². The Kier molecular flexibility index (Phi) is 3.86. The van der Waals surface area contributed by atoms with Gasteiger partial charge in [-0.1, -0.05) is 0 Å². The number of carbonyl (C=O) groups is 1. The minimum absolute atomic E-state index is 0.578. The van der Waals surface area contributed by atoms with Gasteiger partial charge in [0.25, 0.3) is 0 Å². The molecule has 0 aliphatic heterocycles. The fourth-order valence-corrected chi connectivity index (χ4v) is 0.717. The Labute approximate surface area is 70.3 Å². The molecule has 0 aliphatic carbocycles. The average molecular weight is 196 g/mol. The molecule has 0 aliphatic rings. The highest BCUT2D eigenvalue weighted by molar-refractivity contribution is 7.52. The fraction of sp³-hybridized carbons (Fsp3) is 0.800.